The zero-order chi connectivity index (χ0) is 17.6. The molecule has 1 fully saturated rings. The second kappa shape index (κ2) is 8.07. The Balaban J connectivity index is 1.59. The minimum Gasteiger partial charge on any atom is -0.368 e. The molecule has 2 N–H and O–H groups in total. The van der Waals surface area contributed by atoms with E-state index in [4.69, 9.17) is 4.74 Å². The first-order valence-electron chi connectivity index (χ1n) is 8.69. The summed E-state index contributed by atoms with van der Waals surface area (Å²) >= 11 is 0. The third kappa shape index (κ3) is 4.76. The molecule has 0 spiro atoms. The highest BCUT2D eigenvalue weighted by atomic mass is 16.5. The van der Waals surface area contributed by atoms with Gasteiger partial charge in [0.2, 0.25) is 5.91 Å². The molecule has 2 atom stereocenters. The fourth-order valence-corrected chi connectivity index (χ4v) is 3.17. The maximum absolute atomic E-state index is 12.2. The van der Waals surface area contributed by atoms with Crippen LogP contribution in [0.5, 0.6) is 0 Å². The number of rotatable bonds is 5. The molecule has 1 aliphatic carbocycles. The number of H-pyrrole nitrogens is 1. The van der Waals surface area contributed by atoms with Gasteiger partial charge in [0.15, 0.2) is 0 Å². The van der Waals surface area contributed by atoms with Crippen LogP contribution in [0.3, 0.4) is 0 Å². The van der Waals surface area contributed by atoms with Gasteiger partial charge in [0.05, 0.1) is 11.8 Å². The van der Waals surface area contributed by atoms with E-state index in [1.165, 1.54) is 25.3 Å². The molecule has 6 nitrogen and oxygen atoms in total. The number of nitrogens with zero attached hydrogens (tertiary/aromatic N) is 1. The van der Waals surface area contributed by atoms with Crippen LogP contribution in [-0.4, -0.2) is 28.8 Å². The van der Waals surface area contributed by atoms with Gasteiger partial charge in [-0.1, -0.05) is 31.9 Å². The molecule has 0 aliphatic heterocycles. The molecule has 25 heavy (non-hydrogen) atoms. The Morgan fingerprint density at radius 2 is 2.12 bits per heavy atom. The summed E-state index contributed by atoms with van der Waals surface area (Å²) in [7, 11) is 0. The molecule has 1 aliphatic rings. The van der Waals surface area contributed by atoms with Crippen molar-refractivity contribution in [1.82, 2.24) is 10.2 Å². The Kier molecular flexibility index (Phi) is 5.60. The summed E-state index contributed by atoms with van der Waals surface area (Å²) in [6.07, 6.45) is 4.79. The standard InChI is InChI=1S/C19H23N3O3/c1-13-5-2-3-8-17(13)25-12-19(24)20-15-7-4-6-14(11-15)16-9-10-18(23)22-21-16/h4,6-7,9-11,13,17H,2-3,5,8,12H2,1H3,(H,20,24)(H,22,23)/t13-,17-/m0/s1. The quantitative estimate of drug-likeness (QED) is 0.876. The molecule has 1 aromatic carbocycles. The number of carbonyl (C=O) groups is 1. The van der Waals surface area contributed by atoms with Crippen LogP contribution in [0, 0.1) is 5.92 Å². The number of aromatic amines is 1. The van der Waals surface area contributed by atoms with Crippen LogP contribution < -0.4 is 10.9 Å². The average Bonchev–Trinajstić information content (AvgIpc) is 2.62. The molecule has 0 unspecified atom stereocenters. The van der Waals surface area contributed by atoms with Crippen molar-refractivity contribution in [3.63, 3.8) is 0 Å². The third-order valence-electron chi connectivity index (χ3n) is 4.58. The number of hydrogen-bond donors (Lipinski definition) is 2. The third-order valence-corrected chi connectivity index (χ3v) is 4.58. The van der Waals surface area contributed by atoms with Gasteiger partial charge in [-0.15, -0.1) is 0 Å². The zero-order valence-corrected chi connectivity index (χ0v) is 14.3. The van der Waals surface area contributed by atoms with E-state index in [1.54, 1.807) is 6.07 Å². The first-order chi connectivity index (χ1) is 12.1. The van der Waals surface area contributed by atoms with Gasteiger partial charge in [0.1, 0.15) is 6.61 Å². The largest absolute Gasteiger partial charge is 0.368 e. The summed E-state index contributed by atoms with van der Waals surface area (Å²) in [6.45, 7) is 2.25. The lowest BCUT2D eigenvalue weighted by atomic mass is 9.88. The zero-order valence-electron chi connectivity index (χ0n) is 14.3. The number of ether oxygens (including phenoxy) is 1. The SMILES string of the molecule is C[C@H]1CCCC[C@@H]1OCC(=O)Nc1cccc(-c2ccc(=O)[nH]n2)c1. The minimum atomic E-state index is -0.248. The van der Waals surface area contributed by atoms with Crippen molar-refractivity contribution < 1.29 is 9.53 Å². The number of carbonyl (C=O) groups excluding carboxylic acids is 1. The number of benzene rings is 1. The van der Waals surface area contributed by atoms with Gasteiger partial charge in [-0.25, -0.2) is 5.10 Å². The molecule has 132 valence electrons. The number of nitrogens with one attached hydrogen (secondary N) is 2. The van der Waals surface area contributed by atoms with Gasteiger partial charge >= 0.3 is 0 Å². The summed E-state index contributed by atoms with van der Waals surface area (Å²) in [6, 6.07) is 10.4. The predicted molar refractivity (Wildman–Crippen MR) is 96.3 cm³/mol. The first kappa shape index (κ1) is 17.4. The maximum Gasteiger partial charge on any atom is 0.264 e. The summed E-state index contributed by atoms with van der Waals surface area (Å²) in [4.78, 5) is 23.3. The molecule has 1 aromatic heterocycles. The summed E-state index contributed by atoms with van der Waals surface area (Å²) < 4.78 is 5.79. The van der Waals surface area contributed by atoms with E-state index >= 15 is 0 Å². The normalized spacial score (nSPS) is 20.2. The van der Waals surface area contributed by atoms with Gasteiger partial charge in [0, 0.05) is 17.3 Å². The molecule has 6 heteroatoms. The Morgan fingerprint density at radius 1 is 1.28 bits per heavy atom. The molecular formula is C19H23N3O3. The Morgan fingerprint density at radius 3 is 2.88 bits per heavy atom. The van der Waals surface area contributed by atoms with Crippen molar-refractivity contribution >= 4 is 11.6 Å². The molecular weight excluding hydrogens is 318 g/mol. The van der Waals surface area contributed by atoms with Crippen LogP contribution in [0.25, 0.3) is 11.3 Å². The van der Waals surface area contributed by atoms with Crippen molar-refractivity contribution in [3.8, 4) is 11.3 Å². The topological polar surface area (TPSA) is 84.1 Å². The number of aromatic nitrogens is 2. The second-order valence-electron chi connectivity index (χ2n) is 6.55. The molecule has 1 heterocycles. The molecule has 0 saturated heterocycles. The molecule has 0 radical (unpaired) electrons. The minimum absolute atomic E-state index is 0.0656. The van der Waals surface area contributed by atoms with Crippen LogP contribution in [-0.2, 0) is 9.53 Å². The van der Waals surface area contributed by atoms with Gasteiger partial charge < -0.3 is 10.1 Å². The van der Waals surface area contributed by atoms with E-state index in [9.17, 15) is 9.59 Å². The van der Waals surface area contributed by atoms with Gasteiger partial charge in [0.25, 0.3) is 5.56 Å². The van der Waals surface area contributed by atoms with Crippen LogP contribution in [0.4, 0.5) is 5.69 Å². The number of hydrogen-bond acceptors (Lipinski definition) is 4. The van der Waals surface area contributed by atoms with Gasteiger partial charge in [-0.3, -0.25) is 9.59 Å². The second-order valence-corrected chi connectivity index (χ2v) is 6.55. The van der Waals surface area contributed by atoms with E-state index in [1.807, 2.05) is 24.3 Å². The van der Waals surface area contributed by atoms with Crippen molar-refractivity contribution in [2.24, 2.45) is 5.92 Å². The monoisotopic (exact) mass is 341 g/mol. The van der Waals surface area contributed by atoms with Crippen LogP contribution in [0.1, 0.15) is 32.6 Å². The number of amides is 1. The smallest absolute Gasteiger partial charge is 0.264 e. The predicted octanol–water partition coefficient (Wildman–Crippen LogP) is 2.97. The van der Waals surface area contributed by atoms with Gasteiger partial charge in [-0.2, -0.15) is 5.10 Å². The van der Waals surface area contributed by atoms with Crippen LogP contribution >= 0.6 is 0 Å². The lowest BCUT2D eigenvalue weighted by Crippen LogP contribution is -2.29. The molecule has 1 saturated carbocycles. The van der Waals surface area contributed by atoms with E-state index < -0.39 is 0 Å². The van der Waals surface area contributed by atoms with Crippen LogP contribution in [0.2, 0.25) is 0 Å². The maximum atomic E-state index is 12.2. The van der Waals surface area contributed by atoms with Crippen molar-refractivity contribution in [2.45, 2.75) is 38.7 Å². The van der Waals surface area contributed by atoms with Gasteiger partial charge in [-0.05, 0) is 37.0 Å². The lowest BCUT2D eigenvalue weighted by molar-refractivity contribution is -0.124. The fourth-order valence-electron chi connectivity index (χ4n) is 3.17. The highest BCUT2D eigenvalue weighted by Gasteiger charge is 2.22. The molecule has 2 aromatic rings. The van der Waals surface area contributed by atoms with Crippen molar-refractivity contribution in [3.05, 3.63) is 46.8 Å². The average molecular weight is 341 g/mol. The van der Waals surface area contributed by atoms with E-state index in [0.717, 1.165) is 12.0 Å². The lowest BCUT2D eigenvalue weighted by Gasteiger charge is -2.28. The van der Waals surface area contributed by atoms with Crippen molar-refractivity contribution in [1.29, 1.82) is 0 Å². The number of anilines is 1. The van der Waals surface area contributed by atoms with E-state index in [2.05, 4.69) is 22.4 Å². The molecule has 1 amide bonds. The van der Waals surface area contributed by atoms with Crippen molar-refractivity contribution in [2.75, 3.05) is 11.9 Å². The highest BCUT2D eigenvalue weighted by Crippen LogP contribution is 2.26. The molecule has 0 bridgehead atoms. The highest BCUT2D eigenvalue weighted by molar-refractivity contribution is 5.92. The summed E-state index contributed by atoms with van der Waals surface area (Å²) in [5, 5.41) is 9.26. The Labute approximate surface area is 146 Å². The Bertz CT molecular complexity index is 767. The summed E-state index contributed by atoms with van der Waals surface area (Å²) in [5.74, 6) is 0.348. The van der Waals surface area contributed by atoms with Crippen LogP contribution in [0.15, 0.2) is 41.2 Å². The fraction of sp³-hybridized carbons (Fsp3) is 0.421. The Hall–Kier alpha value is -2.47. The first-order valence-corrected chi connectivity index (χ1v) is 8.69. The molecule has 3 rings (SSSR count). The van der Waals surface area contributed by atoms with E-state index in [0.29, 0.717) is 17.3 Å². The van der Waals surface area contributed by atoms with E-state index in [-0.39, 0.29) is 24.2 Å². The summed E-state index contributed by atoms with van der Waals surface area (Å²) in [5.41, 5.74) is 1.89.